The molecule has 0 bridgehead atoms. The van der Waals surface area contributed by atoms with Gasteiger partial charge in [-0.25, -0.2) is 4.79 Å². The molecule has 1 aromatic carbocycles. The number of nitrogens with one attached hydrogen (secondary N) is 1. The molecule has 0 heterocycles. The Morgan fingerprint density at radius 1 is 1.28 bits per heavy atom. The lowest BCUT2D eigenvalue weighted by Gasteiger charge is -2.13. The van der Waals surface area contributed by atoms with Crippen LogP contribution in [0.2, 0.25) is 0 Å². The Morgan fingerprint density at radius 3 is 2.67 bits per heavy atom. The maximum atomic E-state index is 11.5. The van der Waals surface area contributed by atoms with Crippen molar-refractivity contribution in [1.82, 2.24) is 5.32 Å². The van der Waals surface area contributed by atoms with Crippen LogP contribution in [0.4, 0.5) is 4.79 Å². The van der Waals surface area contributed by atoms with Crippen LogP contribution >= 0.6 is 0 Å². The van der Waals surface area contributed by atoms with Gasteiger partial charge < -0.3 is 10.1 Å². The van der Waals surface area contributed by atoms with Gasteiger partial charge in [0.05, 0.1) is 0 Å². The minimum atomic E-state index is -0.331. The quantitative estimate of drug-likeness (QED) is 0.745. The molecule has 0 saturated heterocycles. The molecule has 1 aromatic rings. The highest BCUT2D eigenvalue weighted by molar-refractivity contribution is 5.67. The van der Waals surface area contributed by atoms with Crippen molar-refractivity contribution in [3.05, 3.63) is 35.9 Å². The lowest BCUT2D eigenvalue weighted by molar-refractivity contribution is 0.136. The molecule has 1 amide bonds. The van der Waals surface area contributed by atoms with E-state index < -0.39 is 0 Å². The van der Waals surface area contributed by atoms with Crippen molar-refractivity contribution < 1.29 is 9.53 Å². The van der Waals surface area contributed by atoms with Crippen molar-refractivity contribution in [1.29, 1.82) is 0 Å². The zero-order valence-electron chi connectivity index (χ0n) is 11.3. The van der Waals surface area contributed by atoms with E-state index in [1.807, 2.05) is 37.3 Å². The summed E-state index contributed by atoms with van der Waals surface area (Å²) >= 11 is 0. The summed E-state index contributed by atoms with van der Waals surface area (Å²) in [6.45, 7) is 4.51. The molecule has 3 nitrogen and oxygen atoms in total. The summed E-state index contributed by atoms with van der Waals surface area (Å²) in [6, 6.07) is 9.88. The van der Waals surface area contributed by atoms with Crippen LogP contribution in [0.25, 0.3) is 0 Å². The van der Waals surface area contributed by atoms with E-state index in [1.165, 1.54) is 12.8 Å². The van der Waals surface area contributed by atoms with Gasteiger partial charge in [-0.1, -0.05) is 56.5 Å². The molecule has 0 aliphatic heterocycles. The van der Waals surface area contributed by atoms with Crippen LogP contribution in [0.1, 0.15) is 45.1 Å². The number of amides is 1. The summed E-state index contributed by atoms with van der Waals surface area (Å²) in [5, 5.41) is 2.85. The fourth-order valence-electron chi connectivity index (χ4n) is 1.74. The van der Waals surface area contributed by atoms with Crippen LogP contribution in [-0.2, 0) is 11.3 Å². The lowest BCUT2D eigenvalue weighted by Crippen LogP contribution is -2.32. The molecule has 0 radical (unpaired) electrons. The van der Waals surface area contributed by atoms with Crippen molar-refractivity contribution in [2.75, 3.05) is 0 Å². The van der Waals surface area contributed by atoms with Gasteiger partial charge in [-0.2, -0.15) is 0 Å². The molecule has 0 aliphatic carbocycles. The predicted octanol–water partition coefficient (Wildman–Crippen LogP) is 3.88. The summed E-state index contributed by atoms with van der Waals surface area (Å²) in [6.07, 6.45) is 4.24. The third-order valence-corrected chi connectivity index (χ3v) is 2.82. The zero-order valence-corrected chi connectivity index (χ0v) is 11.3. The Balaban J connectivity index is 2.17. The molecule has 0 spiro atoms. The van der Waals surface area contributed by atoms with Crippen LogP contribution in [0.3, 0.4) is 0 Å². The highest BCUT2D eigenvalue weighted by atomic mass is 16.5. The van der Waals surface area contributed by atoms with E-state index in [9.17, 15) is 4.79 Å². The normalized spacial score (nSPS) is 11.9. The monoisotopic (exact) mass is 249 g/mol. The Hall–Kier alpha value is -1.51. The Bertz CT molecular complexity index is 338. The van der Waals surface area contributed by atoms with Gasteiger partial charge in [0, 0.05) is 6.04 Å². The minimum absolute atomic E-state index is 0.180. The molecule has 0 fully saturated rings. The number of carbonyl (C=O) groups is 1. The largest absolute Gasteiger partial charge is 0.445 e. The van der Waals surface area contributed by atoms with Gasteiger partial charge in [0.2, 0.25) is 0 Å². The van der Waals surface area contributed by atoms with E-state index in [-0.39, 0.29) is 12.1 Å². The summed E-state index contributed by atoms with van der Waals surface area (Å²) in [7, 11) is 0. The van der Waals surface area contributed by atoms with Crippen LogP contribution in [0, 0.1) is 0 Å². The first-order valence-electron chi connectivity index (χ1n) is 6.69. The van der Waals surface area contributed by atoms with Crippen molar-refractivity contribution in [3.8, 4) is 0 Å². The van der Waals surface area contributed by atoms with E-state index in [0.717, 1.165) is 18.4 Å². The molecule has 1 rings (SSSR count). The smallest absolute Gasteiger partial charge is 0.407 e. The number of ether oxygens (including phenoxy) is 1. The molecular formula is C15H23NO2. The first-order valence-corrected chi connectivity index (χ1v) is 6.69. The van der Waals surface area contributed by atoms with Gasteiger partial charge in [0.25, 0.3) is 0 Å². The molecule has 3 heteroatoms. The zero-order chi connectivity index (χ0) is 13.2. The first-order chi connectivity index (χ1) is 8.72. The van der Waals surface area contributed by atoms with E-state index in [4.69, 9.17) is 4.74 Å². The second-order valence-electron chi connectivity index (χ2n) is 4.60. The molecule has 0 aliphatic rings. The van der Waals surface area contributed by atoms with Crippen molar-refractivity contribution in [2.45, 2.75) is 52.2 Å². The molecule has 100 valence electrons. The summed E-state index contributed by atoms with van der Waals surface area (Å²) in [4.78, 5) is 11.5. The number of alkyl carbamates (subject to hydrolysis) is 1. The Morgan fingerprint density at radius 2 is 2.00 bits per heavy atom. The lowest BCUT2D eigenvalue weighted by atomic mass is 10.1. The fraction of sp³-hybridized carbons (Fsp3) is 0.533. The molecule has 1 atom stereocenters. The minimum Gasteiger partial charge on any atom is -0.445 e. The Labute approximate surface area is 110 Å². The maximum absolute atomic E-state index is 11.5. The number of unbranched alkanes of at least 4 members (excludes halogenated alkanes) is 2. The van der Waals surface area contributed by atoms with E-state index in [0.29, 0.717) is 6.61 Å². The standard InChI is InChI=1S/C15H23NO2/c1-3-4-6-9-13(2)16-15(17)18-12-14-10-7-5-8-11-14/h5,7-8,10-11,13H,3-4,6,9,12H2,1-2H3,(H,16,17). The molecular weight excluding hydrogens is 226 g/mol. The van der Waals surface area contributed by atoms with Gasteiger partial charge in [-0.15, -0.1) is 0 Å². The van der Waals surface area contributed by atoms with Gasteiger partial charge in [-0.05, 0) is 18.9 Å². The van der Waals surface area contributed by atoms with Crippen LogP contribution in [-0.4, -0.2) is 12.1 Å². The van der Waals surface area contributed by atoms with Gasteiger partial charge >= 0.3 is 6.09 Å². The number of benzene rings is 1. The third kappa shape index (κ3) is 6.28. The summed E-state index contributed by atoms with van der Waals surface area (Å²) in [5.41, 5.74) is 1.01. The molecule has 1 unspecified atom stereocenters. The predicted molar refractivity (Wildman–Crippen MR) is 73.4 cm³/mol. The van der Waals surface area contributed by atoms with Gasteiger partial charge in [0.15, 0.2) is 0 Å². The summed E-state index contributed by atoms with van der Waals surface area (Å²) in [5.74, 6) is 0. The topological polar surface area (TPSA) is 38.3 Å². The second kappa shape index (κ2) is 8.56. The maximum Gasteiger partial charge on any atom is 0.407 e. The van der Waals surface area contributed by atoms with E-state index >= 15 is 0 Å². The Kier molecular flexibility index (Phi) is 6.92. The number of rotatable bonds is 7. The van der Waals surface area contributed by atoms with E-state index in [2.05, 4.69) is 12.2 Å². The second-order valence-corrected chi connectivity index (χ2v) is 4.60. The first kappa shape index (κ1) is 14.6. The van der Waals surface area contributed by atoms with Gasteiger partial charge in [0.1, 0.15) is 6.61 Å². The molecule has 18 heavy (non-hydrogen) atoms. The van der Waals surface area contributed by atoms with Crippen molar-refractivity contribution in [3.63, 3.8) is 0 Å². The van der Waals surface area contributed by atoms with E-state index in [1.54, 1.807) is 0 Å². The van der Waals surface area contributed by atoms with Crippen molar-refractivity contribution in [2.24, 2.45) is 0 Å². The number of carbonyl (C=O) groups excluding carboxylic acids is 1. The fourth-order valence-corrected chi connectivity index (χ4v) is 1.74. The van der Waals surface area contributed by atoms with Crippen molar-refractivity contribution >= 4 is 6.09 Å². The molecule has 0 saturated carbocycles. The van der Waals surface area contributed by atoms with Crippen LogP contribution < -0.4 is 5.32 Å². The SMILES string of the molecule is CCCCCC(C)NC(=O)OCc1ccccc1. The highest BCUT2D eigenvalue weighted by Gasteiger charge is 2.07. The third-order valence-electron chi connectivity index (χ3n) is 2.82. The highest BCUT2D eigenvalue weighted by Crippen LogP contribution is 2.04. The molecule has 1 N–H and O–H groups in total. The van der Waals surface area contributed by atoms with Crippen LogP contribution in [0.15, 0.2) is 30.3 Å². The number of hydrogen-bond acceptors (Lipinski definition) is 2. The average molecular weight is 249 g/mol. The van der Waals surface area contributed by atoms with Crippen LogP contribution in [0.5, 0.6) is 0 Å². The number of hydrogen-bond donors (Lipinski definition) is 1. The summed E-state index contributed by atoms with van der Waals surface area (Å²) < 4.78 is 5.15. The molecule has 0 aromatic heterocycles. The van der Waals surface area contributed by atoms with Gasteiger partial charge in [-0.3, -0.25) is 0 Å². The average Bonchev–Trinajstić information content (AvgIpc) is 2.38.